The first-order valence-electron chi connectivity index (χ1n) is 4.56. The largest absolute Gasteiger partial charge is 0.384 e. The summed E-state index contributed by atoms with van der Waals surface area (Å²) in [7, 11) is 0. The van der Waals surface area contributed by atoms with Crippen molar-refractivity contribution >= 4 is 34.6 Å². The minimum absolute atomic E-state index is 0.617. The third kappa shape index (κ3) is 4.07. The summed E-state index contributed by atoms with van der Waals surface area (Å²) in [6.45, 7) is 1.58. The molecule has 14 heavy (non-hydrogen) atoms. The molecule has 0 amide bonds. The topological polar surface area (TPSA) is 24.1 Å². The fourth-order valence-corrected chi connectivity index (χ4v) is 1.28. The third-order valence-electron chi connectivity index (χ3n) is 1.73. The van der Waals surface area contributed by atoms with Crippen LogP contribution in [0.3, 0.4) is 0 Å². The van der Waals surface area contributed by atoms with Gasteiger partial charge in [-0.3, -0.25) is 0 Å². The van der Waals surface area contributed by atoms with Crippen LogP contribution in [0.4, 0.5) is 11.4 Å². The Balaban J connectivity index is 2.42. The van der Waals surface area contributed by atoms with E-state index in [2.05, 4.69) is 10.6 Å². The second-order valence-corrected chi connectivity index (χ2v) is 3.56. The molecule has 0 bridgehead atoms. The van der Waals surface area contributed by atoms with Gasteiger partial charge in [0.05, 0.1) is 0 Å². The molecule has 4 heteroatoms. The van der Waals surface area contributed by atoms with Gasteiger partial charge < -0.3 is 10.6 Å². The summed E-state index contributed by atoms with van der Waals surface area (Å²) in [5.74, 6) is 1.23. The number of rotatable bonds is 6. The van der Waals surface area contributed by atoms with Gasteiger partial charge >= 0.3 is 0 Å². The van der Waals surface area contributed by atoms with Gasteiger partial charge in [-0.1, -0.05) is 0 Å². The van der Waals surface area contributed by atoms with Gasteiger partial charge in [0, 0.05) is 36.2 Å². The van der Waals surface area contributed by atoms with Gasteiger partial charge in [0.15, 0.2) is 0 Å². The zero-order valence-corrected chi connectivity index (χ0v) is 9.41. The molecule has 0 unspecified atom stereocenters. The van der Waals surface area contributed by atoms with E-state index in [0.29, 0.717) is 11.8 Å². The van der Waals surface area contributed by atoms with E-state index in [1.165, 1.54) is 0 Å². The molecule has 0 fully saturated rings. The Morgan fingerprint density at radius 1 is 0.786 bits per heavy atom. The number of hydrogen-bond acceptors (Lipinski definition) is 2. The highest BCUT2D eigenvalue weighted by atomic mass is 35.5. The monoisotopic (exact) mass is 232 g/mol. The average molecular weight is 233 g/mol. The predicted octanol–water partition coefficient (Wildman–Crippen LogP) is 2.99. The van der Waals surface area contributed by atoms with Crippen molar-refractivity contribution < 1.29 is 0 Å². The number of nitrogens with one attached hydrogen (secondary N) is 2. The Morgan fingerprint density at radius 3 is 1.43 bits per heavy atom. The Kier molecular flexibility index (Phi) is 5.57. The molecule has 1 aromatic rings. The van der Waals surface area contributed by atoms with Crippen LogP contribution in [-0.4, -0.2) is 24.8 Å². The minimum atomic E-state index is 0.617. The fourth-order valence-electron chi connectivity index (χ4n) is 1.09. The second kappa shape index (κ2) is 6.80. The van der Waals surface area contributed by atoms with Crippen molar-refractivity contribution in [1.82, 2.24) is 0 Å². The SMILES string of the molecule is ClCCNc1ccc(NCCCl)cc1. The van der Waals surface area contributed by atoms with Crippen molar-refractivity contribution in [3.05, 3.63) is 24.3 Å². The molecule has 2 nitrogen and oxygen atoms in total. The lowest BCUT2D eigenvalue weighted by atomic mass is 10.3. The molecule has 0 aromatic heterocycles. The molecule has 1 aromatic carbocycles. The molecular formula is C10H14Cl2N2. The number of anilines is 2. The first-order chi connectivity index (χ1) is 6.86. The van der Waals surface area contributed by atoms with Crippen LogP contribution in [0.25, 0.3) is 0 Å². The molecular weight excluding hydrogens is 219 g/mol. The van der Waals surface area contributed by atoms with Gasteiger partial charge in [0.25, 0.3) is 0 Å². The smallest absolute Gasteiger partial charge is 0.0396 e. The Bertz CT molecular complexity index is 222. The molecule has 0 atom stereocenters. The molecule has 0 aliphatic heterocycles. The van der Waals surface area contributed by atoms with Crippen molar-refractivity contribution in [3.63, 3.8) is 0 Å². The molecule has 2 N–H and O–H groups in total. The molecule has 0 radical (unpaired) electrons. The first kappa shape index (κ1) is 11.5. The summed E-state index contributed by atoms with van der Waals surface area (Å²) in [4.78, 5) is 0. The summed E-state index contributed by atoms with van der Waals surface area (Å²) in [5.41, 5.74) is 2.17. The van der Waals surface area contributed by atoms with Crippen LogP contribution in [0.1, 0.15) is 0 Å². The van der Waals surface area contributed by atoms with E-state index in [-0.39, 0.29) is 0 Å². The van der Waals surface area contributed by atoms with Gasteiger partial charge in [-0.25, -0.2) is 0 Å². The van der Waals surface area contributed by atoms with Gasteiger partial charge in [-0.2, -0.15) is 0 Å². The van der Waals surface area contributed by atoms with Gasteiger partial charge in [-0.15, -0.1) is 23.2 Å². The van der Waals surface area contributed by atoms with Gasteiger partial charge in [0.2, 0.25) is 0 Å². The highest BCUT2D eigenvalue weighted by molar-refractivity contribution is 6.18. The van der Waals surface area contributed by atoms with Crippen LogP contribution in [0.15, 0.2) is 24.3 Å². The summed E-state index contributed by atoms with van der Waals surface area (Å²) in [5, 5.41) is 6.38. The van der Waals surface area contributed by atoms with Crippen molar-refractivity contribution in [2.75, 3.05) is 35.5 Å². The van der Waals surface area contributed by atoms with Crippen LogP contribution in [0, 0.1) is 0 Å². The summed E-state index contributed by atoms with van der Waals surface area (Å²) < 4.78 is 0. The van der Waals surface area contributed by atoms with Crippen LogP contribution in [-0.2, 0) is 0 Å². The first-order valence-corrected chi connectivity index (χ1v) is 5.63. The maximum Gasteiger partial charge on any atom is 0.0396 e. The summed E-state index contributed by atoms with van der Waals surface area (Å²) in [6, 6.07) is 8.07. The van der Waals surface area contributed by atoms with E-state index in [9.17, 15) is 0 Å². The quantitative estimate of drug-likeness (QED) is 0.738. The summed E-state index contributed by atoms with van der Waals surface area (Å²) in [6.07, 6.45) is 0. The van der Waals surface area contributed by atoms with Crippen LogP contribution < -0.4 is 10.6 Å². The number of alkyl halides is 2. The van der Waals surface area contributed by atoms with Crippen molar-refractivity contribution in [1.29, 1.82) is 0 Å². The second-order valence-electron chi connectivity index (χ2n) is 2.81. The maximum absolute atomic E-state index is 5.56. The number of benzene rings is 1. The van der Waals surface area contributed by atoms with Crippen LogP contribution in [0.5, 0.6) is 0 Å². The summed E-state index contributed by atoms with van der Waals surface area (Å²) >= 11 is 11.1. The van der Waals surface area contributed by atoms with Crippen LogP contribution in [0.2, 0.25) is 0 Å². The van der Waals surface area contributed by atoms with E-state index in [0.717, 1.165) is 24.5 Å². The van der Waals surface area contributed by atoms with Crippen molar-refractivity contribution in [3.8, 4) is 0 Å². The molecule has 1 rings (SSSR count). The molecule has 0 saturated carbocycles. The maximum atomic E-state index is 5.56. The molecule has 78 valence electrons. The molecule has 0 spiro atoms. The highest BCUT2D eigenvalue weighted by Crippen LogP contribution is 2.12. The lowest BCUT2D eigenvalue weighted by molar-refractivity contribution is 1.21. The molecule has 0 saturated heterocycles. The standard InChI is InChI=1S/C10H14Cl2N2/c11-5-7-13-9-1-2-10(4-3-9)14-8-6-12/h1-4,13-14H,5-8H2. The Hall–Kier alpha value is -0.600. The average Bonchev–Trinajstić information content (AvgIpc) is 2.25. The number of hydrogen-bond donors (Lipinski definition) is 2. The normalized spacial score (nSPS) is 9.86. The van der Waals surface area contributed by atoms with Crippen molar-refractivity contribution in [2.45, 2.75) is 0 Å². The van der Waals surface area contributed by atoms with E-state index in [4.69, 9.17) is 23.2 Å². The Morgan fingerprint density at radius 2 is 1.14 bits per heavy atom. The minimum Gasteiger partial charge on any atom is -0.384 e. The van der Waals surface area contributed by atoms with Gasteiger partial charge in [0.1, 0.15) is 0 Å². The molecule has 0 heterocycles. The fraction of sp³-hybridized carbons (Fsp3) is 0.400. The van der Waals surface area contributed by atoms with E-state index in [1.807, 2.05) is 24.3 Å². The zero-order valence-electron chi connectivity index (χ0n) is 7.89. The third-order valence-corrected chi connectivity index (χ3v) is 2.11. The van der Waals surface area contributed by atoms with E-state index >= 15 is 0 Å². The van der Waals surface area contributed by atoms with E-state index in [1.54, 1.807) is 0 Å². The highest BCUT2D eigenvalue weighted by Gasteiger charge is 1.92. The molecule has 0 aliphatic rings. The van der Waals surface area contributed by atoms with Gasteiger partial charge in [-0.05, 0) is 24.3 Å². The number of halogens is 2. The van der Waals surface area contributed by atoms with E-state index < -0.39 is 0 Å². The Labute approximate surface area is 94.6 Å². The predicted molar refractivity (Wildman–Crippen MR) is 64.9 cm³/mol. The zero-order chi connectivity index (χ0) is 10.2. The molecule has 0 aliphatic carbocycles. The lowest BCUT2D eigenvalue weighted by Gasteiger charge is -2.06. The van der Waals surface area contributed by atoms with Crippen molar-refractivity contribution in [2.24, 2.45) is 0 Å². The van der Waals surface area contributed by atoms with Crippen LogP contribution >= 0.6 is 23.2 Å². The lowest BCUT2D eigenvalue weighted by Crippen LogP contribution is -2.04.